The lowest BCUT2D eigenvalue weighted by atomic mass is 9.95. The minimum absolute atomic E-state index is 0.0616. The average Bonchev–Trinajstić information content (AvgIpc) is 2.39. The number of carbonyl (C=O) groups is 1. The van der Waals surface area contributed by atoms with Crippen LogP contribution >= 0.6 is 0 Å². The second-order valence-corrected chi connectivity index (χ2v) is 5.99. The van der Waals surface area contributed by atoms with Gasteiger partial charge in [-0.15, -0.1) is 0 Å². The molecule has 0 aromatic carbocycles. The summed E-state index contributed by atoms with van der Waals surface area (Å²) in [6.45, 7) is 7.87. The molecule has 0 spiro atoms. The molecule has 1 unspecified atom stereocenters. The van der Waals surface area contributed by atoms with Crippen molar-refractivity contribution in [3.8, 4) is 0 Å². The van der Waals surface area contributed by atoms with Gasteiger partial charge in [-0.25, -0.2) is 0 Å². The van der Waals surface area contributed by atoms with Crippen LogP contribution < -0.4 is 11.1 Å². The number of hydrogen-bond acceptors (Lipinski definition) is 3. The second-order valence-electron chi connectivity index (χ2n) is 5.99. The molecule has 0 aliphatic heterocycles. The summed E-state index contributed by atoms with van der Waals surface area (Å²) < 4.78 is 0. The Morgan fingerprint density at radius 1 is 1.26 bits per heavy atom. The summed E-state index contributed by atoms with van der Waals surface area (Å²) in [5.41, 5.74) is 5.58. The molecule has 0 radical (unpaired) electrons. The van der Waals surface area contributed by atoms with Crippen LogP contribution in [0, 0.1) is 0 Å². The summed E-state index contributed by atoms with van der Waals surface area (Å²) in [5.74, 6) is 0.178. The molecular formula is C15H31N3O. The van der Waals surface area contributed by atoms with Crippen molar-refractivity contribution >= 4 is 5.91 Å². The van der Waals surface area contributed by atoms with Crippen LogP contribution in [0.5, 0.6) is 0 Å². The Labute approximate surface area is 118 Å². The van der Waals surface area contributed by atoms with Crippen molar-refractivity contribution < 1.29 is 4.79 Å². The number of rotatable bonds is 7. The van der Waals surface area contributed by atoms with Crippen LogP contribution in [-0.4, -0.2) is 42.0 Å². The first-order chi connectivity index (χ1) is 9.06. The van der Waals surface area contributed by atoms with E-state index in [1.54, 1.807) is 0 Å². The van der Waals surface area contributed by atoms with Gasteiger partial charge in [0.05, 0.1) is 6.04 Å². The number of nitrogens with two attached hydrogens (primary N) is 1. The molecule has 1 fully saturated rings. The smallest absolute Gasteiger partial charge is 0.237 e. The molecule has 1 saturated carbocycles. The van der Waals surface area contributed by atoms with Crippen molar-refractivity contribution in [2.75, 3.05) is 13.1 Å². The molecule has 19 heavy (non-hydrogen) atoms. The van der Waals surface area contributed by atoms with Crippen molar-refractivity contribution in [3.05, 3.63) is 0 Å². The van der Waals surface area contributed by atoms with Crippen LogP contribution in [0.3, 0.4) is 0 Å². The van der Waals surface area contributed by atoms with Crippen LogP contribution in [0.1, 0.15) is 59.3 Å². The third kappa shape index (κ3) is 5.49. The third-order valence-electron chi connectivity index (χ3n) is 4.11. The van der Waals surface area contributed by atoms with Gasteiger partial charge in [-0.3, -0.25) is 9.69 Å². The fraction of sp³-hybridized carbons (Fsp3) is 0.933. The molecule has 1 aliphatic rings. The topological polar surface area (TPSA) is 58.4 Å². The van der Waals surface area contributed by atoms with Crippen LogP contribution in [0.25, 0.3) is 0 Å². The quantitative estimate of drug-likeness (QED) is 0.742. The molecule has 1 aliphatic carbocycles. The van der Waals surface area contributed by atoms with Gasteiger partial charge in [0.25, 0.3) is 0 Å². The van der Waals surface area contributed by atoms with Gasteiger partial charge in [0, 0.05) is 18.6 Å². The van der Waals surface area contributed by atoms with Gasteiger partial charge in [0.2, 0.25) is 5.91 Å². The Morgan fingerprint density at radius 3 is 2.42 bits per heavy atom. The maximum Gasteiger partial charge on any atom is 0.237 e. The fourth-order valence-electron chi connectivity index (χ4n) is 2.89. The van der Waals surface area contributed by atoms with E-state index in [2.05, 4.69) is 24.1 Å². The Bertz CT molecular complexity index is 262. The summed E-state index contributed by atoms with van der Waals surface area (Å²) >= 11 is 0. The number of nitrogens with one attached hydrogen (secondary N) is 1. The first-order valence-electron chi connectivity index (χ1n) is 7.82. The van der Waals surface area contributed by atoms with Gasteiger partial charge in [-0.1, -0.05) is 19.3 Å². The van der Waals surface area contributed by atoms with E-state index in [4.69, 9.17) is 5.73 Å². The lowest BCUT2D eigenvalue weighted by Crippen LogP contribution is -2.51. The van der Waals surface area contributed by atoms with Crippen molar-refractivity contribution in [1.29, 1.82) is 0 Å². The van der Waals surface area contributed by atoms with Gasteiger partial charge >= 0.3 is 0 Å². The first-order valence-corrected chi connectivity index (χ1v) is 7.82. The predicted molar refractivity (Wildman–Crippen MR) is 80.0 cm³/mol. The van der Waals surface area contributed by atoms with Crippen molar-refractivity contribution in [3.63, 3.8) is 0 Å². The van der Waals surface area contributed by atoms with E-state index in [1.807, 2.05) is 6.92 Å². The Balaban J connectivity index is 2.47. The highest BCUT2D eigenvalue weighted by molar-refractivity contribution is 5.81. The van der Waals surface area contributed by atoms with E-state index in [1.165, 1.54) is 19.3 Å². The largest absolute Gasteiger partial charge is 0.352 e. The number of carbonyl (C=O) groups excluding carboxylic acids is 1. The molecule has 0 heterocycles. The summed E-state index contributed by atoms with van der Waals surface area (Å²) in [6.07, 6.45) is 7.04. The molecule has 4 heteroatoms. The van der Waals surface area contributed by atoms with E-state index < -0.39 is 0 Å². The highest BCUT2D eigenvalue weighted by Crippen LogP contribution is 2.18. The molecule has 1 rings (SSSR count). The summed E-state index contributed by atoms with van der Waals surface area (Å²) in [4.78, 5) is 14.6. The molecule has 1 atom stereocenters. The molecular weight excluding hydrogens is 238 g/mol. The second kappa shape index (κ2) is 8.54. The first kappa shape index (κ1) is 16.4. The predicted octanol–water partition coefficient (Wildman–Crippen LogP) is 1.88. The lowest BCUT2D eigenvalue weighted by molar-refractivity contribution is -0.127. The van der Waals surface area contributed by atoms with Gasteiger partial charge in [-0.2, -0.15) is 0 Å². The Hall–Kier alpha value is -0.610. The molecule has 0 aromatic rings. The van der Waals surface area contributed by atoms with Crippen LogP contribution in [-0.2, 0) is 4.79 Å². The van der Waals surface area contributed by atoms with E-state index in [0.717, 1.165) is 25.8 Å². The normalized spacial score (nSPS) is 18.8. The number of nitrogens with zero attached hydrogens (tertiary/aromatic N) is 1. The molecule has 0 saturated heterocycles. The van der Waals surface area contributed by atoms with E-state index >= 15 is 0 Å². The van der Waals surface area contributed by atoms with Crippen LogP contribution in [0.15, 0.2) is 0 Å². The highest BCUT2D eigenvalue weighted by atomic mass is 16.2. The maximum atomic E-state index is 12.3. The van der Waals surface area contributed by atoms with E-state index in [-0.39, 0.29) is 11.9 Å². The van der Waals surface area contributed by atoms with Gasteiger partial charge in [0.15, 0.2) is 0 Å². The van der Waals surface area contributed by atoms with Crippen LogP contribution in [0.4, 0.5) is 0 Å². The molecule has 3 N–H and O–H groups in total. The zero-order valence-corrected chi connectivity index (χ0v) is 12.8. The van der Waals surface area contributed by atoms with Crippen molar-refractivity contribution in [2.24, 2.45) is 5.73 Å². The molecule has 112 valence electrons. The number of amides is 1. The van der Waals surface area contributed by atoms with Gasteiger partial charge in [0.1, 0.15) is 0 Å². The summed E-state index contributed by atoms with van der Waals surface area (Å²) in [6, 6.07) is 0.708. The van der Waals surface area contributed by atoms with Gasteiger partial charge in [-0.05, 0) is 46.6 Å². The summed E-state index contributed by atoms with van der Waals surface area (Å²) in [7, 11) is 0. The van der Waals surface area contributed by atoms with Crippen molar-refractivity contribution in [1.82, 2.24) is 10.2 Å². The van der Waals surface area contributed by atoms with E-state index in [0.29, 0.717) is 18.6 Å². The van der Waals surface area contributed by atoms with Gasteiger partial charge < -0.3 is 11.1 Å². The lowest BCUT2D eigenvalue weighted by Gasteiger charge is -2.33. The highest BCUT2D eigenvalue weighted by Gasteiger charge is 2.25. The minimum atomic E-state index is -0.0616. The SMILES string of the molecule is CC(C)N(CCCN)C(C)C(=O)NC1CCCCC1. The number of hydrogen-bond donors (Lipinski definition) is 2. The van der Waals surface area contributed by atoms with E-state index in [9.17, 15) is 4.79 Å². The maximum absolute atomic E-state index is 12.3. The van der Waals surface area contributed by atoms with Crippen molar-refractivity contribution in [2.45, 2.75) is 77.4 Å². The zero-order valence-electron chi connectivity index (χ0n) is 12.8. The molecule has 0 aromatic heterocycles. The fourth-order valence-corrected chi connectivity index (χ4v) is 2.89. The Morgan fingerprint density at radius 2 is 1.89 bits per heavy atom. The molecule has 4 nitrogen and oxygen atoms in total. The molecule has 1 amide bonds. The standard InChI is InChI=1S/C15H31N3O/c1-12(2)18(11-7-10-16)13(3)15(19)17-14-8-5-4-6-9-14/h12-14H,4-11,16H2,1-3H3,(H,17,19). The average molecular weight is 269 g/mol. The third-order valence-corrected chi connectivity index (χ3v) is 4.11. The monoisotopic (exact) mass is 269 g/mol. The molecule has 0 bridgehead atoms. The van der Waals surface area contributed by atoms with Crippen LogP contribution in [0.2, 0.25) is 0 Å². The summed E-state index contributed by atoms with van der Waals surface area (Å²) in [5, 5.41) is 3.22. The zero-order chi connectivity index (χ0) is 14.3. The minimum Gasteiger partial charge on any atom is -0.352 e. The Kier molecular flexibility index (Phi) is 7.39.